The number of nitrogen functional groups attached to an aromatic ring is 1. The third-order valence-corrected chi connectivity index (χ3v) is 4.20. The van der Waals surface area contributed by atoms with Crippen LogP contribution in [-0.2, 0) is 6.54 Å². The Morgan fingerprint density at radius 3 is 1.14 bits per heavy atom. The second-order valence-electron chi connectivity index (χ2n) is 6.69. The summed E-state index contributed by atoms with van der Waals surface area (Å²) in [6.07, 6.45) is -7.38. The van der Waals surface area contributed by atoms with Gasteiger partial charge in [-0.3, -0.25) is 4.68 Å². The highest BCUT2D eigenvalue weighted by Gasteiger charge is 2.96. The molecule has 0 saturated carbocycles. The van der Waals surface area contributed by atoms with Gasteiger partial charge < -0.3 is 5.73 Å². The van der Waals surface area contributed by atoms with Crippen molar-refractivity contribution < 1.29 is 83.4 Å². The van der Waals surface area contributed by atoms with Gasteiger partial charge in [-0.15, -0.1) is 0 Å². The number of rotatable bonds is 9. The Balaban J connectivity index is 3.65. The molecule has 0 atom stereocenters. The molecule has 0 aliphatic heterocycles. The van der Waals surface area contributed by atoms with Gasteiger partial charge in [0.15, 0.2) is 0 Å². The molecule has 0 fully saturated rings. The quantitative estimate of drug-likeness (QED) is 0.368. The van der Waals surface area contributed by atoms with Crippen LogP contribution in [0.1, 0.15) is 0 Å². The van der Waals surface area contributed by atoms with Gasteiger partial charge in [0.25, 0.3) is 0 Å². The Labute approximate surface area is 178 Å². The minimum absolute atomic E-state index is 0.156. The minimum atomic E-state index is -8.93. The van der Waals surface area contributed by atoms with Gasteiger partial charge in [0.1, 0.15) is 6.54 Å². The van der Waals surface area contributed by atoms with Gasteiger partial charge in [-0.2, -0.15) is 88.5 Å². The van der Waals surface area contributed by atoms with Crippen molar-refractivity contribution in [2.24, 2.45) is 0 Å². The van der Waals surface area contributed by atoms with Gasteiger partial charge in [0, 0.05) is 6.20 Å². The van der Waals surface area contributed by atoms with Crippen LogP contribution >= 0.6 is 0 Å². The summed E-state index contributed by atoms with van der Waals surface area (Å²) in [5, 5.41) is 2.72. The lowest BCUT2D eigenvalue weighted by Crippen LogP contribution is -2.76. The van der Waals surface area contributed by atoms with E-state index in [1.807, 2.05) is 0 Å². The van der Waals surface area contributed by atoms with E-state index in [1.54, 1.807) is 0 Å². The zero-order valence-electron chi connectivity index (χ0n) is 15.5. The van der Waals surface area contributed by atoms with Gasteiger partial charge >= 0.3 is 53.6 Å². The van der Waals surface area contributed by atoms with Crippen molar-refractivity contribution in [3.8, 4) is 0 Å². The summed E-state index contributed by atoms with van der Waals surface area (Å²) in [4.78, 5) is 0. The molecule has 1 heterocycles. The van der Waals surface area contributed by atoms with Crippen molar-refractivity contribution in [2.45, 2.75) is 60.1 Å². The molecule has 0 radical (unpaired) electrons. The molecule has 35 heavy (non-hydrogen) atoms. The normalized spacial score (nSPS) is 16.1. The van der Waals surface area contributed by atoms with E-state index in [0.717, 1.165) is 0 Å². The maximum Gasteiger partial charge on any atom is 0.460 e. The predicted molar refractivity (Wildman–Crippen MR) is 72.3 cm³/mol. The van der Waals surface area contributed by atoms with Crippen molar-refractivity contribution in [3.63, 3.8) is 0 Å². The molecular weight excluding hydrogens is 559 g/mol. The van der Waals surface area contributed by atoms with Crippen LogP contribution in [-0.4, -0.2) is 63.3 Å². The van der Waals surface area contributed by atoms with E-state index >= 15 is 0 Å². The fourth-order valence-corrected chi connectivity index (χ4v) is 2.16. The Morgan fingerprint density at radius 1 is 0.543 bits per heavy atom. The molecule has 0 spiro atoms. The summed E-state index contributed by atoms with van der Waals surface area (Å²) in [7, 11) is 0. The molecular formula is C13H6F19N3. The number of hydrogen-bond acceptors (Lipinski definition) is 2. The van der Waals surface area contributed by atoms with Crippen molar-refractivity contribution >= 4 is 5.69 Å². The van der Waals surface area contributed by atoms with E-state index in [0.29, 0.717) is 6.20 Å². The van der Waals surface area contributed by atoms with Gasteiger partial charge in [0.05, 0.1) is 11.9 Å². The number of aromatic nitrogens is 2. The molecule has 206 valence electrons. The lowest BCUT2D eigenvalue weighted by atomic mass is 9.87. The lowest BCUT2D eigenvalue weighted by Gasteiger charge is -2.43. The molecule has 3 nitrogen and oxygen atoms in total. The van der Waals surface area contributed by atoms with Crippen LogP contribution < -0.4 is 5.73 Å². The van der Waals surface area contributed by atoms with E-state index < -0.39 is 70.5 Å². The first-order chi connectivity index (χ1) is 15.0. The van der Waals surface area contributed by atoms with E-state index in [1.165, 1.54) is 0 Å². The highest BCUT2D eigenvalue weighted by Crippen LogP contribution is 2.65. The van der Waals surface area contributed by atoms with Gasteiger partial charge in [-0.1, -0.05) is 0 Å². The molecule has 0 unspecified atom stereocenters. The molecule has 1 aromatic rings. The zero-order valence-corrected chi connectivity index (χ0v) is 15.5. The SMILES string of the molecule is Nc1cnn(CC(F)(F)C(F)(F)C(F)(F)C(F)(F)C(F)(F)C(F)(F)C(F)(F)C(F)(F)C(F)(F)F)c1. The van der Waals surface area contributed by atoms with Crippen LogP contribution in [0.3, 0.4) is 0 Å². The highest BCUT2D eigenvalue weighted by molar-refractivity contribution is 5.30. The minimum Gasteiger partial charge on any atom is -0.396 e. The molecule has 0 aliphatic rings. The summed E-state index contributed by atoms with van der Waals surface area (Å²) in [5.74, 6) is -66.7. The van der Waals surface area contributed by atoms with Crippen molar-refractivity contribution in [3.05, 3.63) is 12.4 Å². The predicted octanol–water partition coefficient (Wildman–Crippen LogP) is 6.11. The second kappa shape index (κ2) is 7.84. The molecule has 2 N–H and O–H groups in total. The average molecular weight is 565 g/mol. The summed E-state index contributed by atoms with van der Waals surface area (Å²) in [6, 6.07) is 0. The van der Waals surface area contributed by atoms with Crippen LogP contribution in [0.2, 0.25) is 0 Å². The highest BCUT2D eigenvalue weighted by atomic mass is 19.4. The van der Waals surface area contributed by atoms with E-state index in [-0.39, 0.29) is 6.20 Å². The number of alkyl halides is 19. The number of nitrogens with two attached hydrogens (primary N) is 1. The van der Waals surface area contributed by atoms with Gasteiger partial charge in [-0.05, 0) is 0 Å². The first-order valence-electron chi connectivity index (χ1n) is 7.84. The number of nitrogens with zero attached hydrogens (tertiary/aromatic N) is 2. The zero-order chi connectivity index (χ0) is 28.5. The first-order valence-corrected chi connectivity index (χ1v) is 7.84. The summed E-state index contributed by atoms with van der Waals surface area (Å²) in [6.45, 7) is -2.91. The summed E-state index contributed by atoms with van der Waals surface area (Å²) < 4.78 is 249. The van der Waals surface area contributed by atoms with Gasteiger partial charge in [0.2, 0.25) is 0 Å². The molecule has 22 heteroatoms. The van der Waals surface area contributed by atoms with Crippen LogP contribution in [0.4, 0.5) is 89.1 Å². The molecule has 0 amide bonds. The summed E-state index contributed by atoms with van der Waals surface area (Å²) in [5.41, 5.74) is 4.24. The molecule has 1 rings (SSSR count). The summed E-state index contributed by atoms with van der Waals surface area (Å²) >= 11 is 0. The van der Waals surface area contributed by atoms with Gasteiger partial charge in [-0.25, -0.2) is 0 Å². The van der Waals surface area contributed by atoms with Crippen LogP contribution in [0.5, 0.6) is 0 Å². The smallest absolute Gasteiger partial charge is 0.396 e. The molecule has 1 aromatic heterocycles. The van der Waals surface area contributed by atoms with Crippen molar-refractivity contribution in [1.82, 2.24) is 9.78 Å². The first kappa shape index (κ1) is 30.7. The molecule has 0 saturated heterocycles. The molecule has 0 aliphatic carbocycles. The maximum absolute atomic E-state index is 13.7. The Morgan fingerprint density at radius 2 is 0.857 bits per heavy atom. The van der Waals surface area contributed by atoms with Crippen LogP contribution in [0, 0.1) is 0 Å². The largest absolute Gasteiger partial charge is 0.460 e. The standard InChI is InChI=1S/C13H6F19N3/c14-5(15,3-35-2-4(33)1-34-35)6(16,17)7(18,19)8(20,21)9(22,23)10(24,25)11(26,27)12(28,29)13(30,31)32/h1-2H,3,33H2. The fraction of sp³-hybridized carbons (Fsp3) is 0.769. The monoisotopic (exact) mass is 565 g/mol. The maximum atomic E-state index is 13.7. The van der Waals surface area contributed by atoms with Crippen LogP contribution in [0.25, 0.3) is 0 Å². The third-order valence-electron chi connectivity index (χ3n) is 4.20. The number of hydrogen-bond donors (Lipinski definition) is 1. The third kappa shape index (κ3) is 3.99. The van der Waals surface area contributed by atoms with Crippen LogP contribution in [0.15, 0.2) is 12.4 Å². The number of halogens is 19. The van der Waals surface area contributed by atoms with E-state index in [9.17, 15) is 83.4 Å². The Bertz CT molecular complexity index is 911. The Kier molecular flexibility index (Phi) is 6.88. The van der Waals surface area contributed by atoms with Crippen molar-refractivity contribution in [1.29, 1.82) is 0 Å². The van der Waals surface area contributed by atoms with E-state index in [4.69, 9.17) is 5.73 Å². The Hall–Kier alpha value is -2.32. The number of anilines is 1. The molecule has 0 bridgehead atoms. The topological polar surface area (TPSA) is 43.8 Å². The fourth-order valence-electron chi connectivity index (χ4n) is 2.16. The van der Waals surface area contributed by atoms with Crippen molar-refractivity contribution in [2.75, 3.05) is 5.73 Å². The molecule has 0 aromatic carbocycles. The second-order valence-corrected chi connectivity index (χ2v) is 6.69. The lowest BCUT2D eigenvalue weighted by molar-refractivity contribution is -0.469. The van der Waals surface area contributed by atoms with E-state index in [2.05, 4.69) is 5.10 Å². The average Bonchev–Trinajstić information content (AvgIpc) is 3.03.